The van der Waals surface area contributed by atoms with Crippen molar-refractivity contribution in [2.24, 2.45) is 0 Å². The third-order valence-electron chi connectivity index (χ3n) is 8.70. The van der Waals surface area contributed by atoms with Crippen molar-refractivity contribution in [3.8, 4) is 22.6 Å². The van der Waals surface area contributed by atoms with Gasteiger partial charge in [-0.15, -0.1) is 0 Å². The molecule has 4 aromatic carbocycles. The van der Waals surface area contributed by atoms with Gasteiger partial charge in [0.1, 0.15) is 24.7 Å². The second-order valence-electron chi connectivity index (χ2n) is 12.2. The first-order valence-corrected chi connectivity index (χ1v) is 17.7. The molecule has 6 aromatic rings. The van der Waals surface area contributed by atoms with Gasteiger partial charge in [0.2, 0.25) is 0 Å². The van der Waals surface area contributed by atoms with Crippen LogP contribution in [0.1, 0.15) is 22.3 Å². The first-order valence-electron chi connectivity index (χ1n) is 17.7. The van der Waals surface area contributed by atoms with E-state index in [1.807, 2.05) is 24.3 Å². The molecule has 0 atom stereocenters. The molecule has 2 aromatic heterocycles. The van der Waals surface area contributed by atoms with Crippen LogP contribution in [0, 0.1) is 0 Å². The van der Waals surface area contributed by atoms with Crippen LogP contribution in [0.5, 0.6) is 11.5 Å². The molecule has 0 bridgehead atoms. The molecule has 0 fully saturated rings. The number of hydrogen-bond donors (Lipinski definition) is 0. The van der Waals surface area contributed by atoms with Gasteiger partial charge in [-0.2, -0.15) is 0 Å². The molecule has 0 N–H and O–H groups in total. The van der Waals surface area contributed by atoms with Crippen LogP contribution in [0.4, 0.5) is 0 Å². The van der Waals surface area contributed by atoms with E-state index >= 15 is 0 Å². The Morgan fingerprint density at radius 3 is 1.13 bits per heavy atom. The van der Waals surface area contributed by atoms with Crippen molar-refractivity contribution in [1.82, 2.24) is 9.97 Å². The lowest BCUT2D eigenvalue weighted by molar-refractivity contribution is -0.00704. The fraction of sp³-hybridized carbons (Fsp3) is 0.227. The minimum Gasteiger partial charge on any atom is -0.491 e. The molecule has 0 aliphatic carbocycles. The molecule has 0 unspecified atom stereocenters. The van der Waals surface area contributed by atoms with Crippen LogP contribution in [-0.4, -0.2) is 76.0 Å². The van der Waals surface area contributed by atoms with E-state index < -0.39 is 0 Å². The Hall–Kier alpha value is -5.38. The number of benzene rings is 4. The van der Waals surface area contributed by atoms with Gasteiger partial charge in [0.05, 0.1) is 52.9 Å². The average molecular weight is 695 g/mol. The molecule has 0 saturated carbocycles. The summed E-state index contributed by atoms with van der Waals surface area (Å²) < 4.78 is 36.0. The topological polar surface area (TPSA) is 81.2 Å². The molecule has 1 aliphatic rings. The van der Waals surface area contributed by atoms with Gasteiger partial charge in [0.25, 0.3) is 0 Å². The van der Waals surface area contributed by atoms with Crippen LogP contribution >= 0.6 is 0 Å². The van der Waals surface area contributed by atoms with Gasteiger partial charge in [0, 0.05) is 35.9 Å². The number of aromatic nitrogens is 2. The molecule has 0 amide bonds. The van der Waals surface area contributed by atoms with Crippen LogP contribution in [0.15, 0.2) is 110 Å². The number of hydrogen-bond acceptors (Lipinski definition) is 8. The molecule has 7 rings (SSSR count). The van der Waals surface area contributed by atoms with Crippen LogP contribution in [-0.2, 0) is 18.9 Å². The zero-order chi connectivity index (χ0) is 35.2. The molecule has 8 heteroatoms. The van der Waals surface area contributed by atoms with Crippen molar-refractivity contribution >= 4 is 45.8 Å². The summed E-state index contributed by atoms with van der Waals surface area (Å²) in [5.74, 6) is 1.52. The highest BCUT2D eigenvalue weighted by atomic mass is 16.6. The van der Waals surface area contributed by atoms with Crippen molar-refractivity contribution in [2.45, 2.75) is 0 Å². The van der Waals surface area contributed by atoms with Crippen molar-refractivity contribution in [3.05, 3.63) is 132 Å². The number of fused-ring (bicyclic) bond motifs is 7. The lowest BCUT2D eigenvalue weighted by atomic mass is 9.91. The Kier molecular flexibility index (Phi) is 12.3. The summed E-state index contributed by atoms with van der Waals surface area (Å²) in [4.78, 5) is 8.27. The number of nitrogens with zero attached hydrogens (tertiary/aromatic N) is 2. The normalized spacial score (nSPS) is 15.5. The van der Waals surface area contributed by atoms with Gasteiger partial charge in [-0.05, 0) is 92.3 Å². The Balaban J connectivity index is 1.31. The van der Waals surface area contributed by atoms with Gasteiger partial charge >= 0.3 is 0 Å². The Bertz CT molecular complexity index is 1960. The lowest BCUT2D eigenvalue weighted by Crippen LogP contribution is -2.15. The van der Waals surface area contributed by atoms with Crippen molar-refractivity contribution in [2.75, 3.05) is 66.1 Å². The minimum atomic E-state index is 0.382. The summed E-state index contributed by atoms with van der Waals surface area (Å²) in [6, 6.07) is 29.4. The molecule has 52 heavy (non-hydrogen) atoms. The minimum absolute atomic E-state index is 0.382. The van der Waals surface area contributed by atoms with Gasteiger partial charge in [-0.3, -0.25) is 9.97 Å². The third kappa shape index (κ3) is 9.29. The van der Waals surface area contributed by atoms with Crippen LogP contribution in [0.2, 0.25) is 0 Å². The van der Waals surface area contributed by atoms with Gasteiger partial charge in [0.15, 0.2) is 0 Å². The maximum absolute atomic E-state index is 6.53. The van der Waals surface area contributed by atoms with E-state index in [2.05, 4.69) is 94.9 Å². The van der Waals surface area contributed by atoms with Gasteiger partial charge < -0.3 is 28.4 Å². The smallest absolute Gasteiger partial charge is 0.128 e. The van der Waals surface area contributed by atoms with E-state index in [4.69, 9.17) is 28.4 Å². The fourth-order valence-electron chi connectivity index (χ4n) is 6.14. The van der Waals surface area contributed by atoms with E-state index in [1.54, 1.807) is 24.8 Å². The first kappa shape index (κ1) is 35.0. The number of ether oxygens (including phenoxy) is 6. The van der Waals surface area contributed by atoms with E-state index in [0.717, 1.165) is 66.4 Å². The molecule has 264 valence electrons. The average Bonchev–Trinajstić information content (AvgIpc) is 3.19. The Morgan fingerprint density at radius 1 is 0.365 bits per heavy atom. The standard InChI is InChI=1S/C44H42N2O6/c1(33-13-17-45-18-14-33)3-35-5-9-39-37(31-35)7-11-41-43(39)44-40-10-6-36(4-2-34-15-19-46-20-16-34)32-38(40)8-12-42(44)52-30-28-50-26-24-48-22-21-47-23-25-49-27-29-51-41/h1-20,31-32H,21-30H2/b3-1-,4-2+. The second-order valence-corrected chi connectivity index (χ2v) is 12.2. The summed E-state index contributed by atoms with van der Waals surface area (Å²) >= 11 is 0. The third-order valence-corrected chi connectivity index (χ3v) is 8.70. The molecule has 0 spiro atoms. The maximum atomic E-state index is 6.53. The van der Waals surface area contributed by atoms with Crippen molar-refractivity contribution in [3.63, 3.8) is 0 Å². The van der Waals surface area contributed by atoms with E-state index in [9.17, 15) is 0 Å². The highest BCUT2D eigenvalue weighted by Crippen LogP contribution is 2.46. The lowest BCUT2D eigenvalue weighted by Gasteiger charge is -2.20. The van der Waals surface area contributed by atoms with Crippen LogP contribution in [0.25, 0.3) is 57.0 Å². The summed E-state index contributed by atoms with van der Waals surface area (Å²) in [5, 5.41) is 4.29. The summed E-state index contributed by atoms with van der Waals surface area (Å²) in [6.07, 6.45) is 15.6. The molecule has 3 heterocycles. The molecule has 0 radical (unpaired) electrons. The fourth-order valence-corrected chi connectivity index (χ4v) is 6.14. The SMILES string of the molecule is C(=C/c1ccc2c3c(ccc2c1)OCCOCCOCCOCCOCCOc1ccc2cc(/C=C/c4ccncc4)ccc2c1-3)/c1ccncc1. The molecule has 0 saturated heterocycles. The molecule has 8 nitrogen and oxygen atoms in total. The van der Waals surface area contributed by atoms with E-state index in [-0.39, 0.29) is 0 Å². The quantitative estimate of drug-likeness (QED) is 0.182. The molecule has 1 aliphatic heterocycles. The van der Waals surface area contributed by atoms with Crippen molar-refractivity contribution < 1.29 is 28.4 Å². The second kappa shape index (κ2) is 18.2. The molecular weight excluding hydrogens is 652 g/mol. The van der Waals surface area contributed by atoms with Crippen LogP contribution in [0.3, 0.4) is 0 Å². The van der Waals surface area contributed by atoms with E-state index in [0.29, 0.717) is 66.1 Å². The number of rotatable bonds is 4. The monoisotopic (exact) mass is 694 g/mol. The highest BCUT2D eigenvalue weighted by Gasteiger charge is 2.20. The largest absolute Gasteiger partial charge is 0.491 e. The zero-order valence-corrected chi connectivity index (χ0v) is 29.1. The zero-order valence-electron chi connectivity index (χ0n) is 29.1. The predicted octanol–water partition coefficient (Wildman–Crippen LogP) is 8.63. The van der Waals surface area contributed by atoms with E-state index in [1.165, 1.54) is 0 Å². The van der Waals surface area contributed by atoms with Crippen molar-refractivity contribution in [1.29, 1.82) is 0 Å². The predicted molar refractivity (Wildman–Crippen MR) is 207 cm³/mol. The summed E-state index contributed by atoms with van der Waals surface area (Å²) in [5.41, 5.74) is 6.30. The highest BCUT2D eigenvalue weighted by molar-refractivity contribution is 6.10. The molecular formula is C44H42N2O6. The van der Waals surface area contributed by atoms with Gasteiger partial charge in [-0.25, -0.2) is 0 Å². The summed E-state index contributed by atoms with van der Waals surface area (Å²) in [6.45, 7) is 4.60. The first-order chi connectivity index (χ1) is 25.8. The Labute approximate surface area is 304 Å². The number of pyridine rings is 2. The van der Waals surface area contributed by atoms with Crippen LogP contribution < -0.4 is 9.47 Å². The Morgan fingerprint density at radius 2 is 0.731 bits per heavy atom. The van der Waals surface area contributed by atoms with Gasteiger partial charge in [-0.1, -0.05) is 60.7 Å². The summed E-state index contributed by atoms with van der Waals surface area (Å²) in [7, 11) is 0. The maximum Gasteiger partial charge on any atom is 0.128 e.